The molecule has 6 nitrogen and oxygen atoms in total. The average molecular weight is 369 g/mol. The standard InChI is InChI=1S/C21H27N3O3/c1-14(2)23-21(26)16-9-11-17(12-10-16)22-13-20(25)24-18-7-5-6-8-19(18)27-15(3)4/h5-12,14-15,22H,13H2,1-4H3,(H,23,26)(H,24,25). The van der Waals surface area contributed by atoms with Gasteiger partial charge in [-0.15, -0.1) is 0 Å². The summed E-state index contributed by atoms with van der Waals surface area (Å²) in [6.07, 6.45) is 0.0209. The summed E-state index contributed by atoms with van der Waals surface area (Å²) in [7, 11) is 0. The van der Waals surface area contributed by atoms with Gasteiger partial charge in [-0.05, 0) is 64.1 Å². The molecule has 0 bridgehead atoms. The molecule has 0 spiro atoms. The third-order valence-corrected chi connectivity index (χ3v) is 3.54. The Balaban J connectivity index is 1.90. The molecule has 2 aromatic carbocycles. The van der Waals surface area contributed by atoms with Crippen molar-refractivity contribution >= 4 is 23.2 Å². The van der Waals surface area contributed by atoms with Crippen molar-refractivity contribution in [3.8, 4) is 5.75 Å². The second kappa shape index (κ2) is 9.62. The summed E-state index contributed by atoms with van der Waals surface area (Å²) < 4.78 is 5.70. The number of nitrogens with one attached hydrogen (secondary N) is 3. The highest BCUT2D eigenvalue weighted by Crippen LogP contribution is 2.24. The Hall–Kier alpha value is -3.02. The van der Waals surface area contributed by atoms with E-state index < -0.39 is 0 Å². The Morgan fingerprint density at radius 2 is 1.63 bits per heavy atom. The van der Waals surface area contributed by atoms with Gasteiger partial charge < -0.3 is 20.7 Å². The van der Waals surface area contributed by atoms with Gasteiger partial charge in [0.05, 0.1) is 18.3 Å². The fourth-order valence-electron chi connectivity index (χ4n) is 2.39. The zero-order valence-electron chi connectivity index (χ0n) is 16.2. The van der Waals surface area contributed by atoms with Gasteiger partial charge in [-0.2, -0.15) is 0 Å². The molecular weight excluding hydrogens is 342 g/mol. The molecule has 0 aliphatic heterocycles. The molecule has 0 radical (unpaired) electrons. The Morgan fingerprint density at radius 3 is 2.26 bits per heavy atom. The molecular formula is C21H27N3O3. The molecule has 2 aromatic rings. The van der Waals surface area contributed by atoms with Crippen LogP contribution in [0.25, 0.3) is 0 Å². The SMILES string of the molecule is CC(C)NC(=O)c1ccc(NCC(=O)Nc2ccccc2OC(C)C)cc1. The number of ether oxygens (including phenoxy) is 1. The van der Waals surface area contributed by atoms with E-state index in [9.17, 15) is 9.59 Å². The van der Waals surface area contributed by atoms with Crippen molar-refractivity contribution < 1.29 is 14.3 Å². The monoisotopic (exact) mass is 369 g/mol. The molecule has 0 saturated heterocycles. The molecule has 27 heavy (non-hydrogen) atoms. The van der Waals surface area contributed by atoms with Gasteiger partial charge >= 0.3 is 0 Å². The van der Waals surface area contributed by atoms with Gasteiger partial charge in [0.25, 0.3) is 5.91 Å². The zero-order valence-corrected chi connectivity index (χ0v) is 16.2. The van der Waals surface area contributed by atoms with Crippen LogP contribution in [0.2, 0.25) is 0 Å². The lowest BCUT2D eigenvalue weighted by Crippen LogP contribution is -2.30. The van der Waals surface area contributed by atoms with Gasteiger partial charge in [0.2, 0.25) is 5.91 Å². The first kappa shape index (κ1) is 20.3. The first-order chi connectivity index (χ1) is 12.8. The van der Waals surface area contributed by atoms with Crippen LogP contribution in [0.1, 0.15) is 38.1 Å². The second-order valence-electron chi connectivity index (χ2n) is 6.77. The summed E-state index contributed by atoms with van der Waals surface area (Å²) in [5, 5.41) is 8.73. The highest BCUT2D eigenvalue weighted by Gasteiger charge is 2.10. The van der Waals surface area contributed by atoms with Crippen LogP contribution in [0.15, 0.2) is 48.5 Å². The summed E-state index contributed by atoms with van der Waals surface area (Å²) in [5.74, 6) is 0.342. The maximum absolute atomic E-state index is 12.2. The molecule has 144 valence electrons. The van der Waals surface area contributed by atoms with Crippen LogP contribution in [0.5, 0.6) is 5.75 Å². The number of anilines is 2. The van der Waals surface area contributed by atoms with E-state index in [0.29, 0.717) is 17.0 Å². The molecule has 0 aliphatic carbocycles. The molecule has 0 fully saturated rings. The van der Waals surface area contributed by atoms with Crippen molar-refractivity contribution in [1.29, 1.82) is 0 Å². The number of benzene rings is 2. The third kappa shape index (κ3) is 6.66. The smallest absolute Gasteiger partial charge is 0.251 e. The fraction of sp³-hybridized carbons (Fsp3) is 0.333. The number of hydrogen-bond donors (Lipinski definition) is 3. The topological polar surface area (TPSA) is 79.5 Å². The van der Waals surface area contributed by atoms with Gasteiger partial charge in [-0.25, -0.2) is 0 Å². The van der Waals surface area contributed by atoms with E-state index in [2.05, 4.69) is 16.0 Å². The van der Waals surface area contributed by atoms with Crippen LogP contribution in [0.3, 0.4) is 0 Å². The van der Waals surface area contributed by atoms with Crippen molar-refractivity contribution in [2.75, 3.05) is 17.2 Å². The van der Waals surface area contributed by atoms with Crippen LogP contribution in [-0.4, -0.2) is 30.5 Å². The Morgan fingerprint density at radius 1 is 0.963 bits per heavy atom. The molecule has 2 rings (SSSR count). The molecule has 0 aliphatic rings. The maximum Gasteiger partial charge on any atom is 0.251 e. The van der Waals surface area contributed by atoms with Crippen molar-refractivity contribution in [1.82, 2.24) is 5.32 Å². The van der Waals surface area contributed by atoms with E-state index in [1.54, 1.807) is 30.3 Å². The minimum absolute atomic E-state index is 0.0209. The normalized spacial score (nSPS) is 10.6. The summed E-state index contributed by atoms with van der Waals surface area (Å²) >= 11 is 0. The lowest BCUT2D eigenvalue weighted by Gasteiger charge is -2.15. The van der Waals surface area contributed by atoms with E-state index in [-0.39, 0.29) is 30.5 Å². The lowest BCUT2D eigenvalue weighted by atomic mass is 10.2. The Labute approximate surface area is 160 Å². The predicted molar refractivity (Wildman–Crippen MR) is 108 cm³/mol. The average Bonchev–Trinajstić information content (AvgIpc) is 2.61. The van der Waals surface area contributed by atoms with Gasteiger partial charge in [-0.1, -0.05) is 12.1 Å². The van der Waals surface area contributed by atoms with E-state index >= 15 is 0 Å². The van der Waals surface area contributed by atoms with E-state index in [1.165, 1.54) is 0 Å². The van der Waals surface area contributed by atoms with Gasteiger partial charge in [0.1, 0.15) is 5.75 Å². The van der Waals surface area contributed by atoms with Crippen molar-refractivity contribution in [2.45, 2.75) is 39.8 Å². The lowest BCUT2D eigenvalue weighted by molar-refractivity contribution is -0.114. The fourth-order valence-corrected chi connectivity index (χ4v) is 2.39. The van der Waals surface area contributed by atoms with E-state index in [0.717, 1.165) is 5.69 Å². The van der Waals surface area contributed by atoms with Crippen molar-refractivity contribution in [3.63, 3.8) is 0 Å². The largest absolute Gasteiger partial charge is 0.489 e. The number of carbonyl (C=O) groups is 2. The summed E-state index contributed by atoms with van der Waals surface area (Å²) in [5.41, 5.74) is 1.98. The number of para-hydroxylation sites is 2. The highest BCUT2D eigenvalue weighted by atomic mass is 16.5. The van der Waals surface area contributed by atoms with Crippen LogP contribution in [0.4, 0.5) is 11.4 Å². The minimum Gasteiger partial charge on any atom is -0.489 e. The van der Waals surface area contributed by atoms with Crippen LogP contribution >= 0.6 is 0 Å². The Bertz CT molecular complexity index is 770. The molecule has 0 unspecified atom stereocenters. The number of hydrogen-bond acceptors (Lipinski definition) is 4. The molecule has 0 heterocycles. The first-order valence-corrected chi connectivity index (χ1v) is 9.05. The number of amides is 2. The molecule has 2 amide bonds. The number of rotatable bonds is 8. The van der Waals surface area contributed by atoms with Crippen LogP contribution in [0, 0.1) is 0 Å². The molecule has 0 aromatic heterocycles. The molecule has 0 atom stereocenters. The maximum atomic E-state index is 12.2. The highest BCUT2D eigenvalue weighted by molar-refractivity contribution is 5.96. The Kier molecular flexibility index (Phi) is 7.23. The second-order valence-corrected chi connectivity index (χ2v) is 6.77. The summed E-state index contributed by atoms with van der Waals surface area (Å²) in [6.45, 7) is 7.80. The van der Waals surface area contributed by atoms with Crippen LogP contribution in [-0.2, 0) is 4.79 Å². The van der Waals surface area contributed by atoms with E-state index in [4.69, 9.17) is 4.74 Å². The van der Waals surface area contributed by atoms with Gasteiger partial charge in [-0.3, -0.25) is 9.59 Å². The van der Waals surface area contributed by atoms with Crippen molar-refractivity contribution in [3.05, 3.63) is 54.1 Å². The van der Waals surface area contributed by atoms with E-state index in [1.807, 2.05) is 45.9 Å². The zero-order chi connectivity index (χ0) is 19.8. The van der Waals surface area contributed by atoms with Crippen molar-refractivity contribution in [2.24, 2.45) is 0 Å². The molecule has 6 heteroatoms. The summed E-state index contributed by atoms with van der Waals surface area (Å²) in [6, 6.07) is 14.4. The first-order valence-electron chi connectivity index (χ1n) is 9.05. The predicted octanol–water partition coefficient (Wildman–Crippen LogP) is 3.66. The number of carbonyl (C=O) groups excluding carboxylic acids is 2. The van der Waals surface area contributed by atoms with Crippen LogP contribution < -0.4 is 20.7 Å². The third-order valence-electron chi connectivity index (χ3n) is 3.54. The molecule has 0 saturated carbocycles. The van der Waals surface area contributed by atoms with Gasteiger partial charge in [0.15, 0.2) is 0 Å². The molecule has 3 N–H and O–H groups in total. The quantitative estimate of drug-likeness (QED) is 0.663. The van der Waals surface area contributed by atoms with Gasteiger partial charge in [0, 0.05) is 17.3 Å². The summed E-state index contributed by atoms with van der Waals surface area (Å²) in [4.78, 5) is 24.2. The minimum atomic E-state index is -0.184.